The van der Waals surface area contributed by atoms with E-state index < -0.39 is 43.0 Å². The van der Waals surface area contributed by atoms with E-state index in [1.807, 2.05) is 4.90 Å². The molecule has 13 heteroatoms. The molecule has 0 amide bonds. The van der Waals surface area contributed by atoms with Gasteiger partial charge in [0.25, 0.3) is 0 Å². The van der Waals surface area contributed by atoms with Crippen LogP contribution in [-0.2, 0) is 19.2 Å². The minimum Gasteiger partial charge on any atom is -0.480 e. The second-order valence-corrected chi connectivity index (χ2v) is 8.59. The molecule has 1 aliphatic rings. The Morgan fingerprint density at radius 2 is 1.11 bits per heavy atom. The van der Waals surface area contributed by atoms with Crippen LogP contribution in [0, 0.1) is 0 Å². The summed E-state index contributed by atoms with van der Waals surface area (Å²) in [5, 5.41) is 37.3. The van der Waals surface area contributed by atoms with Gasteiger partial charge in [0, 0.05) is 51.9 Å². The Labute approximate surface area is 202 Å². The van der Waals surface area contributed by atoms with Gasteiger partial charge in [0.2, 0.25) is 0 Å². The number of carboxylic acid groups (broad SMARTS) is 4. The first-order valence-corrected chi connectivity index (χ1v) is 11.2. The highest BCUT2D eigenvalue weighted by atomic mass is 16.4. The minimum absolute atomic E-state index is 0.187. The Balaban J connectivity index is 2.32. The zero-order valence-corrected chi connectivity index (χ0v) is 19.6. The van der Waals surface area contributed by atoms with E-state index in [9.17, 15) is 39.6 Å². The van der Waals surface area contributed by atoms with Gasteiger partial charge in [-0.05, 0) is 17.7 Å². The fourth-order valence-corrected chi connectivity index (χ4v) is 4.11. The van der Waals surface area contributed by atoms with E-state index in [2.05, 4.69) is 5.73 Å². The average molecular weight is 497 g/mol. The quantitative estimate of drug-likeness (QED) is 0.218. The standard InChI is InChI=1S/C22H33N5O8/c23-17-3-1-16(2-4-17)18(27(14-21(32)33)15-22(34)35)11-24-5-7-25(12-19(28)29)9-10-26(8-6-24)13-20(30)31/h1-4,18H,5-15,23H2,(H,28,29)(H,30,31)(H,32,33)(H,34,35)/p+1. The Hall–Kier alpha value is -3.10. The lowest BCUT2D eigenvalue weighted by Crippen LogP contribution is -2.46. The van der Waals surface area contributed by atoms with Gasteiger partial charge >= 0.3 is 23.9 Å². The lowest BCUT2D eigenvalue weighted by atomic mass is 10.0. The van der Waals surface area contributed by atoms with Crippen molar-refractivity contribution in [2.45, 2.75) is 6.04 Å². The first kappa shape index (κ1) is 28.1. The summed E-state index contributed by atoms with van der Waals surface area (Å²) >= 11 is 0. The van der Waals surface area contributed by atoms with Crippen LogP contribution in [-0.4, -0.2) is 136 Å². The third-order valence-corrected chi connectivity index (χ3v) is 5.83. The second kappa shape index (κ2) is 13.7. The Morgan fingerprint density at radius 1 is 0.714 bits per heavy atom. The zero-order valence-electron chi connectivity index (χ0n) is 19.6. The van der Waals surface area contributed by atoms with Crippen LogP contribution in [0.1, 0.15) is 11.6 Å². The largest absolute Gasteiger partial charge is 0.480 e. The second-order valence-electron chi connectivity index (χ2n) is 8.59. The van der Waals surface area contributed by atoms with Crippen LogP contribution >= 0.6 is 0 Å². The van der Waals surface area contributed by atoms with Gasteiger partial charge in [0.05, 0.1) is 26.2 Å². The lowest BCUT2D eigenvalue weighted by molar-refractivity contribution is -0.254. The highest BCUT2D eigenvalue weighted by molar-refractivity contribution is 5.73. The molecule has 0 spiro atoms. The molecule has 1 atom stereocenters. The van der Waals surface area contributed by atoms with Crippen molar-refractivity contribution in [1.82, 2.24) is 19.6 Å². The van der Waals surface area contributed by atoms with E-state index in [-0.39, 0.29) is 19.6 Å². The molecule has 1 heterocycles. The summed E-state index contributed by atoms with van der Waals surface area (Å²) in [4.78, 5) is 52.5. The number of hydrogen-bond donors (Lipinski definition) is 5. The van der Waals surface area contributed by atoms with Crippen molar-refractivity contribution in [3.05, 3.63) is 29.8 Å². The molecule has 0 radical (unpaired) electrons. The fourth-order valence-electron chi connectivity index (χ4n) is 4.11. The topological polar surface area (TPSA) is 190 Å². The van der Waals surface area contributed by atoms with E-state index in [1.54, 1.807) is 34.1 Å². The molecular formula is C22H34N5O8+. The van der Waals surface area contributed by atoms with Crippen molar-refractivity contribution in [2.75, 3.05) is 72.0 Å². The number of carboxylic acids is 4. The smallest absolute Gasteiger partial charge is 0.317 e. The molecule has 1 saturated heterocycles. The molecule has 0 saturated carbocycles. The first-order chi connectivity index (χ1) is 16.5. The van der Waals surface area contributed by atoms with Crippen molar-refractivity contribution in [1.29, 1.82) is 0 Å². The Kier molecular flexibility index (Phi) is 11.0. The van der Waals surface area contributed by atoms with E-state index >= 15 is 0 Å². The van der Waals surface area contributed by atoms with Crippen LogP contribution in [0.15, 0.2) is 24.3 Å². The van der Waals surface area contributed by atoms with Crippen molar-refractivity contribution < 1.29 is 45.3 Å². The molecule has 0 aliphatic carbocycles. The molecular weight excluding hydrogens is 462 g/mol. The molecule has 1 aromatic rings. The summed E-state index contributed by atoms with van der Waals surface area (Å²) in [7, 11) is 0. The normalized spacial score (nSPS) is 17.3. The van der Waals surface area contributed by atoms with E-state index in [0.717, 1.165) is 11.3 Å². The highest BCUT2D eigenvalue weighted by Gasteiger charge is 2.28. The fraction of sp³-hybridized carbons (Fsp3) is 0.545. The van der Waals surface area contributed by atoms with Crippen LogP contribution in [0.5, 0.6) is 0 Å². The van der Waals surface area contributed by atoms with Crippen molar-refractivity contribution in [2.24, 2.45) is 0 Å². The summed E-state index contributed by atoms with van der Waals surface area (Å²) in [5.41, 5.74) is 5.34. The molecule has 194 valence electrons. The predicted molar refractivity (Wildman–Crippen MR) is 123 cm³/mol. The number of quaternary nitrogens is 1. The monoisotopic (exact) mass is 496 g/mol. The van der Waals surface area contributed by atoms with Gasteiger partial charge in [-0.1, -0.05) is 12.1 Å². The summed E-state index contributed by atoms with van der Waals surface area (Å²) in [6.45, 7) is 1.46. The molecule has 0 bridgehead atoms. The molecule has 35 heavy (non-hydrogen) atoms. The highest BCUT2D eigenvalue weighted by Crippen LogP contribution is 2.23. The summed E-state index contributed by atoms with van der Waals surface area (Å²) < 4.78 is 0. The molecule has 2 rings (SSSR count). The van der Waals surface area contributed by atoms with E-state index in [0.29, 0.717) is 39.3 Å². The van der Waals surface area contributed by atoms with Crippen LogP contribution in [0.4, 0.5) is 5.69 Å². The average Bonchev–Trinajstić information content (AvgIpc) is 2.83. The van der Waals surface area contributed by atoms with Crippen LogP contribution < -0.4 is 5.73 Å². The van der Waals surface area contributed by atoms with Crippen LogP contribution in [0.2, 0.25) is 0 Å². The molecule has 13 nitrogen and oxygen atoms in total. The van der Waals surface area contributed by atoms with Gasteiger partial charge in [-0.2, -0.15) is 0 Å². The molecule has 0 aromatic heterocycles. The summed E-state index contributed by atoms with van der Waals surface area (Å²) in [5.74, 6) is -4.29. The maximum Gasteiger partial charge on any atom is 0.317 e. The van der Waals surface area contributed by atoms with Gasteiger partial charge in [0.1, 0.15) is 5.69 Å². The van der Waals surface area contributed by atoms with E-state index in [1.165, 1.54) is 4.90 Å². The number of nitrogens with zero attached hydrogens (tertiary/aromatic N) is 4. The number of benzene rings is 1. The predicted octanol–water partition coefficient (Wildman–Crippen LogP) is -1.84. The number of hydrogen-bond acceptors (Lipinski definition) is 8. The van der Waals surface area contributed by atoms with Gasteiger partial charge < -0.3 is 26.2 Å². The SMILES string of the molecule is [NH3+]c1ccc(C(CN2CCN(CC(=O)O)CCN(CC(=O)O)CC2)N(CC(=O)O)CC(=O)O)cc1. The van der Waals surface area contributed by atoms with Crippen LogP contribution in [0.25, 0.3) is 0 Å². The maximum absolute atomic E-state index is 11.5. The summed E-state index contributed by atoms with van der Waals surface area (Å²) in [6, 6.07) is 6.53. The third-order valence-electron chi connectivity index (χ3n) is 5.83. The van der Waals surface area contributed by atoms with Gasteiger partial charge in [-0.15, -0.1) is 0 Å². The molecule has 1 fully saturated rings. The van der Waals surface area contributed by atoms with Crippen molar-refractivity contribution in [3.63, 3.8) is 0 Å². The first-order valence-electron chi connectivity index (χ1n) is 11.2. The van der Waals surface area contributed by atoms with Crippen molar-refractivity contribution >= 4 is 29.6 Å². The van der Waals surface area contributed by atoms with Crippen molar-refractivity contribution in [3.8, 4) is 0 Å². The van der Waals surface area contributed by atoms with Gasteiger partial charge in [0.15, 0.2) is 0 Å². The van der Waals surface area contributed by atoms with Gasteiger partial charge in [-0.3, -0.25) is 38.8 Å². The lowest BCUT2D eigenvalue weighted by Gasteiger charge is -2.35. The van der Waals surface area contributed by atoms with Gasteiger partial charge in [-0.25, -0.2) is 0 Å². The molecule has 1 aromatic carbocycles. The molecule has 7 N–H and O–H groups in total. The molecule has 1 aliphatic heterocycles. The number of carbonyl (C=O) groups is 4. The maximum atomic E-state index is 11.5. The summed E-state index contributed by atoms with van der Waals surface area (Å²) in [6.07, 6.45) is 0. The number of rotatable bonds is 12. The van der Waals surface area contributed by atoms with E-state index in [4.69, 9.17) is 0 Å². The minimum atomic E-state index is -1.16. The Morgan fingerprint density at radius 3 is 1.49 bits per heavy atom. The molecule has 1 unspecified atom stereocenters. The number of aliphatic carboxylic acids is 4. The third kappa shape index (κ3) is 10.4. The Bertz CT molecular complexity index is 837. The zero-order chi connectivity index (χ0) is 26.0. The van der Waals surface area contributed by atoms with Crippen LogP contribution in [0.3, 0.4) is 0 Å².